The lowest BCUT2D eigenvalue weighted by molar-refractivity contribution is 0.763. The van der Waals surface area contributed by atoms with Crippen LogP contribution < -0.4 is 5.56 Å². The molecule has 3 aromatic rings. The lowest BCUT2D eigenvalue weighted by atomic mass is 10.1. The van der Waals surface area contributed by atoms with Crippen molar-refractivity contribution in [2.45, 2.75) is 6.54 Å². The first-order valence-corrected chi connectivity index (χ1v) is 6.89. The molecule has 0 bridgehead atoms. The second-order valence-corrected chi connectivity index (χ2v) is 4.84. The number of benzene rings is 1. The van der Waals surface area contributed by atoms with Crippen LogP contribution >= 0.6 is 0 Å². The van der Waals surface area contributed by atoms with E-state index >= 15 is 0 Å². The van der Waals surface area contributed by atoms with Crippen molar-refractivity contribution in [2.24, 2.45) is 0 Å². The van der Waals surface area contributed by atoms with Gasteiger partial charge in [0.25, 0.3) is 5.56 Å². The molecule has 22 heavy (non-hydrogen) atoms. The Morgan fingerprint density at radius 3 is 2.45 bits per heavy atom. The molecule has 0 spiro atoms. The van der Waals surface area contributed by atoms with Gasteiger partial charge in [-0.2, -0.15) is 5.26 Å². The smallest absolute Gasteiger partial charge is 0.269 e. The van der Waals surface area contributed by atoms with Crippen molar-refractivity contribution in [1.82, 2.24) is 9.55 Å². The van der Waals surface area contributed by atoms with Gasteiger partial charge in [0.1, 0.15) is 11.6 Å². The van der Waals surface area contributed by atoms with E-state index in [1.165, 1.54) is 0 Å². The topological polar surface area (TPSA) is 58.7 Å². The number of nitriles is 1. The molecule has 4 heteroatoms. The predicted molar refractivity (Wildman–Crippen MR) is 84.2 cm³/mol. The second-order valence-electron chi connectivity index (χ2n) is 4.84. The van der Waals surface area contributed by atoms with Crippen molar-refractivity contribution >= 4 is 0 Å². The molecule has 3 rings (SSSR count). The molecule has 2 aromatic heterocycles. The van der Waals surface area contributed by atoms with Gasteiger partial charge >= 0.3 is 0 Å². The largest absolute Gasteiger partial charge is 0.301 e. The molecule has 0 fully saturated rings. The minimum atomic E-state index is -0.297. The van der Waals surface area contributed by atoms with Crippen LogP contribution in [0.2, 0.25) is 0 Å². The summed E-state index contributed by atoms with van der Waals surface area (Å²) in [6.45, 7) is 0.404. The molecule has 0 N–H and O–H groups in total. The minimum Gasteiger partial charge on any atom is -0.301 e. The predicted octanol–water partition coefficient (Wildman–Crippen LogP) is 2.83. The monoisotopic (exact) mass is 287 g/mol. The summed E-state index contributed by atoms with van der Waals surface area (Å²) in [5.41, 5.74) is 2.25. The van der Waals surface area contributed by atoms with E-state index in [0.717, 1.165) is 5.56 Å². The fourth-order valence-electron chi connectivity index (χ4n) is 2.32. The summed E-state index contributed by atoms with van der Waals surface area (Å²) < 4.78 is 1.59. The van der Waals surface area contributed by atoms with Crippen molar-refractivity contribution in [3.63, 3.8) is 0 Å². The normalized spacial score (nSPS) is 10.1. The molecule has 0 aliphatic heterocycles. The molecular weight excluding hydrogens is 274 g/mol. The highest BCUT2D eigenvalue weighted by Gasteiger charge is 2.11. The molecule has 0 amide bonds. The van der Waals surface area contributed by atoms with Crippen LogP contribution in [0, 0.1) is 11.3 Å². The van der Waals surface area contributed by atoms with E-state index in [1.807, 2.05) is 54.6 Å². The van der Waals surface area contributed by atoms with E-state index in [-0.39, 0.29) is 11.1 Å². The van der Waals surface area contributed by atoms with Crippen LogP contribution in [0.15, 0.2) is 71.7 Å². The standard InChI is InChI=1S/C18H13N3O/c19-12-15-9-10-17(16-8-4-5-11-20-16)21(18(15)22)13-14-6-2-1-3-7-14/h1-11H,13H2. The summed E-state index contributed by atoms with van der Waals surface area (Å²) in [7, 11) is 0. The summed E-state index contributed by atoms with van der Waals surface area (Å²) >= 11 is 0. The van der Waals surface area contributed by atoms with E-state index in [4.69, 9.17) is 5.26 Å². The van der Waals surface area contributed by atoms with Crippen molar-refractivity contribution in [2.75, 3.05) is 0 Å². The molecule has 0 aliphatic carbocycles. The average Bonchev–Trinajstić information content (AvgIpc) is 2.58. The molecule has 0 saturated heterocycles. The van der Waals surface area contributed by atoms with E-state index in [2.05, 4.69) is 4.98 Å². The van der Waals surface area contributed by atoms with Gasteiger partial charge in [0.2, 0.25) is 0 Å². The number of rotatable bonds is 3. The quantitative estimate of drug-likeness (QED) is 0.744. The fraction of sp³-hybridized carbons (Fsp3) is 0.0556. The fourth-order valence-corrected chi connectivity index (χ4v) is 2.32. The maximum atomic E-state index is 12.5. The van der Waals surface area contributed by atoms with Gasteiger partial charge in [-0.15, -0.1) is 0 Å². The molecule has 0 aliphatic rings. The average molecular weight is 287 g/mol. The molecular formula is C18H13N3O. The molecule has 2 heterocycles. The summed E-state index contributed by atoms with van der Waals surface area (Å²) in [5, 5.41) is 9.09. The van der Waals surface area contributed by atoms with E-state index in [0.29, 0.717) is 17.9 Å². The Bertz CT molecular complexity index is 878. The number of hydrogen-bond acceptors (Lipinski definition) is 3. The lowest BCUT2D eigenvalue weighted by Crippen LogP contribution is -2.24. The van der Waals surface area contributed by atoms with Gasteiger partial charge in [-0.25, -0.2) is 0 Å². The summed E-state index contributed by atoms with van der Waals surface area (Å²) in [5.74, 6) is 0. The third-order valence-electron chi connectivity index (χ3n) is 3.41. The number of aromatic nitrogens is 2. The van der Waals surface area contributed by atoms with Gasteiger partial charge in [0.05, 0.1) is 17.9 Å². The van der Waals surface area contributed by atoms with Gasteiger partial charge in [0, 0.05) is 6.20 Å². The van der Waals surface area contributed by atoms with Crippen LogP contribution in [-0.2, 0) is 6.54 Å². The van der Waals surface area contributed by atoms with Crippen LogP contribution in [0.4, 0.5) is 0 Å². The Morgan fingerprint density at radius 2 is 1.77 bits per heavy atom. The second kappa shape index (κ2) is 6.06. The van der Waals surface area contributed by atoms with Crippen LogP contribution in [0.3, 0.4) is 0 Å². The number of pyridine rings is 2. The Labute approximate surface area is 127 Å². The third kappa shape index (κ3) is 2.65. The Kier molecular flexibility index (Phi) is 3.80. The van der Waals surface area contributed by atoms with Gasteiger partial charge in [-0.1, -0.05) is 36.4 Å². The number of hydrogen-bond donors (Lipinski definition) is 0. The van der Waals surface area contributed by atoms with Gasteiger partial charge in [-0.05, 0) is 29.8 Å². The molecule has 0 radical (unpaired) electrons. The van der Waals surface area contributed by atoms with Crippen molar-refractivity contribution < 1.29 is 0 Å². The highest BCUT2D eigenvalue weighted by Crippen LogP contribution is 2.16. The number of nitrogens with zero attached hydrogens (tertiary/aromatic N) is 3. The zero-order valence-corrected chi connectivity index (χ0v) is 11.8. The lowest BCUT2D eigenvalue weighted by Gasteiger charge is -2.13. The first-order chi connectivity index (χ1) is 10.8. The van der Waals surface area contributed by atoms with Crippen LogP contribution in [0.5, 0.6) is 0 Å². The van der Waals surface area contributed by atoms with E-state index in [1.54, 1.807) is 22.9 Å². The maximum absolute atomic E-state index is 12.5. The molecule has 0 unspecified atom stereocenters. The summed E-state index contributed by atoms with van der Waals surface area (Å²) in [4.78, 5) is 16.8. The zero-order valence-electron chi connectivity index (χ0n) is 11.8. The summed E-state index contributed by atoms with van der Waals surface area (Å²) in [6, 6.07) is 20.5. The molecule has 1 aromatic carbocycles. The van der Waals surface area contributed by atoms with Crippen molar-refractivity contribution in [1.29, 1.82) is 5.26 Å². The molecule has 0 saturated carbocycles. The van der Waals surface area contributed by atoms with E-state index in [9.17, 15) is 4.79 Å². The van der Waals surface area contributed by atoms with Gasteiger partial charge < -0.3 is 4.57 Å². The van der Waals surface area contributed by atoms with E-state index < -0.39 is 0 Å². The Balaban J connectivity index is 2.17. The first-order valence-electron chi connectivity index (χ1n) is 6.89. The van der Waals surface area contributed by atoms with Crippen molar-refractivity contribution in [3.05, 3.63) is 88.3 Å². The third-order valence-corrected chi connectivity index (χ3v) is 3.41. The van der Waals surface area contributed by atoms with Crippen LogP contribution in [0.1, 0.15) is 11.1 Å². The highest BCUT2D eigenvalue weighted by atomic mass is 16.1. The zero-order chi connectivity index (χ0) is 15.4. The molecule has 106 valence electrons. The van der Waals surface area contributed by atoms with Crippen molar-refractivity contribution in [3.8, 4) is 17.5 Å². The first kappa shape index (κ1) is 13.8. The SMILES string of the molecule is N#Cc1ccc(-c2ccccn2)n(Cc2ccccc2)c1=O. The van der Waals surface area contributed by atoms with Gasteiger partial charge in [0.15, 0.2) is 0 Å². The van der Waals surface area contributed by atoms with Gasteiger partial charge in [-0.3, -0.25) is 9.78 Å². The van der Waals surface area contributed by atoms with Crippen LogP contribution in [0.25, 0.3) is 11.4 Å². The maximum Gasteiger partial charge on any atom is 0.269 e. The highest BCUT2D eigenvalue weighted by molar-refractivity contribution is 5.55. The Morgan fingerprint density at radius 1 is 1.00 bits per heavy atom. The molecule has 0 atom stereocenters. The minimum absolute atomic E-state index is 0.135. The molecule has 4 nitrogen and oxygen atoms in total. The Hall–Kier alpha value is -3.19. The summed E-state index contributed by atoms with van der Waals surface area (Å²) in [6.07, 6.45) is 1.69. The van der Waals surface area contributed by atoms with Crippen LogP contribution in [-0.4, -0.2) is 9.55 Å².